The van der Waals surface area contributed by atoms with E-state index in [1.807, 2.05) is 22.9 Å². The van der Waals surface area contributed by atoms with Crippen molar-refractivity contribution >= 4 is 51.8 Å². The number of aromatic nitrogens is 1. The zero-order valence-electron chi connectivity index (χ0n) is 11.1. The van der Waals surface area contributed by atoms with Gasteiger partial charge in [-0.1, -0.05) is 35.3 Å². The number of thiophene rings is 1. The molecule has 7 heteroatoms. The number of rotatable bonds is 4. The molecule has 0 saturated carbocycles. The molecule has 22 heavy (non-hydrogen) atoms. The summed E-state index contributed by atoms with van der Waals surface area (Å²) in [7, 11) is 0. The molecule has 0 fully saturated rings. The Kier molecular flexibility index (Phi) is 4.78. The fraction of sp³-hybridized carbons (Fsp3) is 0.0667. The summed E-state index contributed by atoms with van der Waals surface area (Å²) in [6, 6.07) is 8.85. The van der Waals surface area contributed by atoms with Crippen molar-refractivity contribution in [1.29, 1.82) is 0 Å². The summed E-state index contributed by atoms with van der Waals surface area (Å²) in [5.41, 5.74) is 0.879. The standard InChI is InChI=1S/C15H9Cl2NO2S2/c16-10-3-1-4-11(17)13(10)15(19)20-7-9-8-22-14(18-9)12-5-2-6-21-12/h1-6,8H,7H2. The first-order chi connectivity index (χ1) is 10.6. The van der Waals surface area contributed by atoms with Gasteiger partial charge in [0.1, 0.15) is 11.6 Å². The van der Waals surface area contributed by atoms with Gasteiger partial charge in [-0.25, -0.2) is 9.78 Å². The maximum absolute atomic E-state index is 12.1. The molecule has 0 saturated heterocycles. The van der Waals surface area contributed by atoms with Crippen molar-refractivity contribution in [2.24, 2.45) is 0 Å². The summed E-state index contributed by atoms with van der Waals surface area (Å²) < 4.78 is 5.25. The Morgan fingerprint density at radius 2 is 1.91 bits per heavy atom. The van der Waals surface area contributed by atoms with Gasteiger partial charge in [0.25, 0.3) is 0 Å². The number of esters is 1. The molecule has 0 bridgehead atoms. The maximum Gasteiger partial charge on any atom is 0.341 e. The van der Waals surface area contributed by atoms with E-state index in [2.05, 4.69) is 4.98 Å². The zero-order chi connectivity index (χ0) is 15.5. The molecule has 0 aliphatic rings. The first-order valence-corrected chi connectivity index (χ1v) is 8.76. The van der Waals surface area contributed by atoms with Gasteiger partial charge in [0, 0.05) is 5.38 Å². The molecule has 0 N–H and O–H groups in total. The molecule has 2 aromatic heterocycles. The lowest BCUT2D eigenvalue weighted by Crippen LogP contribution is -2.07. The van der Waals surface area contributed by atoms with E-state index in [0.29, 0.717) is 5.69 Å². The number of hydrogen-bond acceptors (Lipinski definition) is 5. The van der Waals surface area contributed by atoms with Crippen LogP contribution in [0.25, 0.3) is 9.88 Å². The highest BCUT2D eigenvalue weighted by Crippen LogP contribution is 2.29. The van der Waals surface area contributed by atoms with Gasteiger partial charge in [0.2, 0.25) is 0 Å². The van der Waals surface area contributed by atoms with Crippen LogP contribution < -0.4 is 0 Å². The molecule has 0 radical (unpaired) electrons. The highest BCUT2D eigenvalue weighted by molar-refractivity contribution is 7.20. The molecule has 0 spiro atoms. The Labute approximate surface area is 145 Å². The van der Waals surface area contributed by atoms with Crippen molar-refractivity contribution in [2.45, 2.75) is 6.61 Å². The SMILES string of the molecule is O=C(OCc1csc(-c2cccs2)n1)c1c(Cl)cccc1Cl. The van der Waals surface area contributed by atoms with Crippen molar-refractivity contribution in [3.8, 4) is 9.88 Å². The summed E-state index contributed by atoms with van der Waals surface area (Å²) in [5, 5.41) is 5.33. The summed E-state index contributed by atoms with van der Waals surface area (Å²) in [6.45, 7) is 0.0856. The van der Waals surface area contributed by atoms with Crippen molar-refractivity contribution in [3.63, 3.8) is 0 Å². The summed E-state index contributed by atoms with van der Waals surface area (Å²) in [6.07, 6.45) is 0. The number of hydrogen-bond donors (Lipinski definition) is 0. The van der Waals surface area contributed by atoms with E-state index >= 15 is 0 Å². The van der Waals surface area contributed by atoms with E-state index in [1.54, 1.807) is 29.5 Å². The van der Waals surface area contributed by atoms with E-state index < -0.39 is 5.97 Å². The van der Waals surface area contributed by atoms with Crippen LogP contribution in [-0.4, -0.2) is 11.0 Å². The minimum Gasteiger partial charge on any atom is -0.455 e. The van der Waals surface area contributed by atoms with Crippen LogP contribution in [0.5, 0.6) is 0 Å². The maximum atomic E-state index is 12.1. The van der Waals surface area contributed by atoms with Gasteiger partial charge in [-0.05, 0) is 23.6 Å². The number of nitrogens with zero attached hydrogens (tertiary/aromatic N) is 1. The van der Waals surface area contributed by atoms with Crippen molar-refractivity contribution in [2.75, 3.05) is 0 Å². The van der Waals surface area contributed by atoms with E-state index in [4.69, 9.17) is 27.9 Å². The van der Waals surface area contributed by atoms with Gasteiger partial charge < -0.3 is 4.74 Å². The highest BCUT2D eigenvalue weighted by atomic mass is 35.5. The third kappa shape index (κ3) is 3.33. The van der Waals surface area contributed by atoms with E-state index in [-0.39, 0.29) is 22.2 Å². The largest absolute Gasteiger partial charge is 0.455 e. The van der Waals surface area contributed by atoms with Gasteiger partial charge in [0.05, 0.1) is 26.2 Å². The number of carbonyl (C=O) groups excluding carboxylic acids is 1. The predicted molar refractivity (Wildman–Crippen MR) is 91.0 cm³/mol. The van der Waals surface area contributed by atoms with Crippen LogP contribution in [0.15, 0.2) is 41.1 Å². The number of thiazole rings is 1. The lowest BCUT2D eigenvalue weighted by Gasteiger charge is -2.06. The minimum atomic E-state index is -0.554. The van der Waals surface area contributed by atoms with E-state index in [0.717, 1.165) is 9.88 Å². The molecule has 0 amide bonds. The molecule has 0 aliphatic heterocycles. The number of ether oxygens (including phenoxy) is 1. The second-order valence-electron chi connectivity index (χ2n) is 4.29. The Hall–Kier alpha value is -1.40. The highest BCUT2D eigenvalue weighted by Gasteiger charge is 2.16. The summed E-state index contributed by atoms with van der Waals surface area (Å²) >= 11 is 15.1. The topological polar surface area (TPSA) is 39.2 Å². The third-order valence-electron chi connectivity index (χ3n) is 2.80. The van der Waals surface area contributed by atoms with Crippen LogP contribution in [0.1, 0.15) is 16.1 Å². The normalized spacial score (nSPS) is 10.6. The molecule has 3 rings (SSSR count). The van der Waals surface area contributed by atoms with Crippen LogP contribution in [0.2, 0.25) is 10.0 Å². The number of benzene rings is 1. The monoisotopic (exact) mass is 369 g/mol. The fourth-order valence-electron chi connectivity index (χ4n) is 1.79. The Morgan fingerprint density at radius 1 is 1.14 bits per heavy atom. The first kappa shape index (κ1) is 15.5. The van der Waals surface area contributed by atoms with Gasteiger partial charge >= 0.3 is 5.97 Å². The Bertz CT molecular complexity index is 779. The molecular formula is C15H9Cl2NO2S2. The number of halogens is 2. The molecule has 0 atom stereocenters. The summed E-state index contributed by atoms with van der Waals surface area (Å²) in [4.78, 5) is 17.6. The Morgan fingerprint density at radius 3 is 2.59 bits per heavy atom. The summed E-state index contributed by atoms with van der Waals surface area (Å²) in [5.74, 6) is -0.554. The van der Waals surface area contributed by atoms with Crippen LogP contribution in [0, 0.1) is 0 Å². The van der Waals surface area contributed by atoms with Crippen molar-refractivity contribution in [3.05, 3.63) is 62.4 Å². The van der Waals surface area contributed by atoms with Gasteiger partial charge in [0.15, 0.2) is 0 Å². The van der Waals surface area contributed by atoms with Crippen molar-refractivity contribution < 1.29 is 9.53 Å². The lowest BCUT2D eigenvalue weighted by molar-refractivity contribution is 0.0469. The molecule has 1 aromatic carbocycles. The quantitative estimate of drug-likeness (QED) is 0.567. The average molecular weight is 370 g/mol. The fourth-order valence-corrected chi connectivity index (χ4v) is 3.96. The zero-order valence-corrected chi connectivity index (χ0v) is 14.2. The van der Waals surface area contributed by atoms with Gasteiger partial charge in [-0.3, -0.25) is 0 Å². The third-order valence-corrected chi connectivity index (χ3v) is 5.36. The van der Waals surface area contributed by atoms with Crippen LogP contribution in [-0.2, 0) is 11.3 Å². The second-order valence-corrected chi connectivity index (χ2v) is 6.91. The smallest absolute Gasteiger partial charge is 0.341 e. The van der Waals surface area contributed by atoms with Crippen LogP contribution >= 0.6 is 45.9 Å². The van der Waals surface area contributed by atoms with Gasteiger partial charge in [-0.2, -0.15) is 0 Å². The number of carbonyl (C=O) groups is 1. The molecule has 112 valence electrons. The minimum absolute atomic E-state index is 0.0856. The molecule has 2 heterocycles. The Balaban J connectivity index is 1.69. The van der Waals surface area contributed by atoms with Crippen LogP contribution in [0.3, 0.4) is 0 Å². The average Bonchev–Trinajstić information content (AvgIpc) is 3.16. The van der Waals surface area contributed by atoms with Gasteiger partial charge in [-0.15, -0.1) is 22.7 Å². The van der Waals surface area contributed by atoms with Crippen LogP contribution in [0.4, 0.5) is 0 Å². The van der Waals surface area contributed by atoms with Crippen molar-refractivity contribution in [1.82, 2.24) is 4.98 Å². The lowest BCUT2D eigenvalue weighted by atomic mass is 10.2. The predicted octanol–water partition coefficient (Wildman–Crippen LogP) is 5.54. The van der Waals surface area contributed by atoms with E-state index in [1.165, 1.54) is 11.3 Å². The van der Waals surface area contributed by atoms with E-state index in [9.17, 15) is 4.79 Å². The first-order valence-electron chi connectivity index (χ1n) is 6.24. The molecular weight excluding hydrogens is 361 g/mol. The molecule has 3 nitrogen and oxygen atoms in total. The molecule has 0 unspecified atom stereocenters. The second kappa shape index (κ2) is 6.79. The molecule has 0 aliphatic carbocycles. The molecule has 3 aromatic rings.